The summed E-state index contributed by atoms with van der Waals surface area (Å²) in [6, 6.07) is 16.8. The van der Waals surface area contributed by atoms with E-state index in [9.17, 15) is 0 Å². The zero-order chi connectivity index (χ0) is 23.3. The van der Waals surface area contributed by atoms with E-state index in [1.54, 1.807) is 0 Å². The summed E-state index contributed by atoms with van der Waals surface area (Å²) in [4.78, 5) is 7.51. The number of anilines is 1. The third-order valence-electron chi connectivity index (χ3n) is 6.77. The summed E-state index contributed by atoms with van der Waals surface area (Å²) in [5, 5.41) is 4.28. The van der Waals surface area contributed by atoms with Crippen molar-refractivity contribution in [2.75, 3.05) is 57.5 Å². The molecule has 1 fully saturated rings. The van der Waals surface area contributed by atoms with Gasteiger partial charge in [-0.1, -0.05) is 29.8 Å². The van der Waals surface area contributed by atoms with Gasteiger partial charge in [-0.2, -0.15) is 0 Å². The molecule has 0 aliphatic carbocycles. The minimum atomic E-state index is 0.275. The van der Waals surface area contributed by atoms with E-state index >= 15 is 0 Å². The molecule has 0 N–H and O–H groups in total. The molecule has 0 atom stereocenters. The first-order valence-electron chi connectivity index (χ1n) is 12.3. The van der Waals surface area contributed by atoms with Crippen LogP contribution in [0, 0.1) is 6.92 Å². The highest BCUT2D eigenvalue weighted by Gasteiger charge is 2.18. The van der Waals surface area contributed by atoms with Gasteiger partial charge in [-0.3, -0.25) is 9.80 Å². The molecule has 1 aromatic heterocycles. The Morgan fingerprint density at radius 1 is 0.941 bits per heavy atom. The highest BCUT2D eigenvalue weighted by molar-refractivity contribution is 5.64. The van der Waals surface area contributed by atoms with Crippen LogP contribution in [0.15, 0.2) is 53.1 Å². The summed E-state index contributed by atoms with van der Waals surface area (Å²) in [6.45, 7) is 13.0. The summed E-state index contributed by atoms with van der Waals surface area (Å²) in [6.07, 6.45) is 1.15. The number of nitrogens with zero attached hydrogens (tertiary/aromatic N) is 4. The number of benzene rings is 2. The van der Waals surface area contributed by atoms with Crippen LogP contribution in [-0.4, -0.2) is 67.6 Å². The van der Waals surface area contributed by atoms with Crippen molar-refractivity contribution in [3.8, 4) is 22.8 Å². The second kappa shape index (κ2) is 10.5. The van der Waals surface area contributed by atoms with Gasteiger partial charge in [0.25, 0.3) is 0 Å². The Labute approximate surface area is 201 Å². The van der Waals surface area contributed by atoms with Crippen LogP contribution in [0.25, 0.3) is 11.3 Å². The number of piperazine rings is 1. The maximum Gasteiger partial charge on any atom is 0.231 e. The Balaban J connectivity index is 1.07. The van der Waals surface area contributed by atoms with Gasteiger partial charge in [0.1, 0.15) is 5.69 Å². The van der Waals surface area contributed by atoms with Crippen LogP contribution in [0.3, 0.4) is 0 Å². The normalized spacial score (nSPS) is 15.9. The molecular weight excluding hydrogens is 428 g/mol. The predicted molar refractivity (Wildman–Crippen MR) is 133 cm³/mol. The van der Waals surface area contributed by atoms with E-state index in [4.69, 9.17) is 14.0 Å². The fourth-order valence-corrected chi connectivity index (χ4v) is 4.65. The molecule has 2 aliphatic heterocycles. The van der Waals surface area contributed by atoms with Crippen molar-refractivity contribution in [2.45, 2.75) is 26.8 Å². The third-order valence-corrected chi connectivity index (χ3v) is 6.77. The van der Waals surface area contributed by atoms with Gasteiger partial charge in [0.2, 0.25) is 6.79 Å². The Hall–Kier alpha value is -3.03. The molecule has 0 radical (unpaired) electrons. The molecule has 0 unspecified atom stereocenters. The van der Waals surface area contributed by atoms with Crippen molar-refractivity contribution in [3.63, 3.8) is 0 Å². The minimum absolute atomic E-state index is 0.275. The van der Waals surface area contributed by atoms with Crippen LogP contribution in [-0.2, 0) is 6.54 Å². The number of ether oxygens (including phenoxy) is 2. The summed E-state index contributed by atoms with van der Waals surface area (Å²) in [5.41, 5.74) is 4.47. The standard InChI is InChI=1S/C27H34N4O3/c1-3-29(11-4-12-30-13-15-31(16-14-30)23-8-5-21(2)6-9-23)19-24-18-25(28-34-24)22-7-10-26-27(17-22)33-20-32-26/h5-10,17-18H,3-4,11-16,19-20H2,1-2H3. The van der Waals surface area contributed by atoms with Crippen molar-refractivity contribution in [3.05, 3.63) is 59.9 Å². The second-order valence-electron chi connectivity index (χ2n) is 9.13. The molecule has 0 saturated carbocycles. The number of aromatic nitrogens is 1. The quantitative estimate of drug-likeness (QED) is 0.467. The van der Waals surface area contributed by atoms with Gasteiger partial charge in [-0.05, 0) is 63.3 Å². The van der Waals surface area contributed by atoms with Crippen LogP contribution < -0.4 is 14.4 Å². The molecule has 180 valence electrons. The first-order chi connectivity index (χ1) is 16.7. The molecule has 3 heterocycles. The van der Waals surface area contributed by atoms with Crippen LogP contribution in [0.4, 0.5) is 5.69 Å². The second-order valence-corrected chi connectivity index (χ2v) is 9.13. The first kappa shape index (κ1) is 22.7. The molecule has 7 nitrogen and oxygen atoms in total. The fourth-order valence-electron chi connectivity index (χ4n) is 4.65. The Kier molecular flexibility index (Phi) is 7.02. The highest BCUT2D eigenvalue weighted by atomic mass is 16.7. The molecule has 5 rings (SSSR count). The maximum absolute atomic E-state index is 5.65. The molecule has 0 spiro atoms. The van der Waals surface area contributed by atoms with Crippen LogP contribution >= 0.6 is 0 Å². The minimum Gasteiger partial charge on any atom is -0.454 e. The van der Waals surface area contributed by atoms with Gasteiger partial charge in [0.15, 0.2) is 17.3 Å². The zero-order valence-electron chi connectivity index (χ0n) is 20.2. The molecule has 2 aliphatic rings. The lowest BCUT2D eigenvalue weighted by Crippen LogP contribution is -2.47. The molecular formula is C27H34N4O3. The SMILES string of the molecule is CCN(CCCN1CCN(c2ccc(C)cc2)CC1)Cc1cc(-c2ccc3c(c2)OCO3)no1. The van der Waals surface area contributed by atoms with Crippen LogP contribution in [0.5, 0.6) is 11.5 Å². The average molecular weight is 463 g/mol. The van der Waals surface area contributed by atoms with Gasteiger partial charge >= 0.3 is 0 Å². The Morgan fingerprint density at radius 3 is 2.53 bits per heavy atom. The number of hydrogen-bond donors (Lipinski definition) is 0. The van der Waals surface area contributed by atoms with Gasteiger partial charge in [-0.25, -0.2) is 0 Å². The van der Waals surface area contributed by atoms with Crippen molar-refractivity contribution >= 4 is 5.69 Å². The first-order valence-corrected chi connectivity index (χ1v) is 12.3. The van der Waals surface area contributed by atoms with E-state index in [1.807, 2.05) is 24.3 Å². The van der Waals surface area contributed by atoms with E-state index in [-0.39, 0.29) is 6.79 Å². The number of aryl methyl sites for hydroxylation is 1. The van der Waals surface area contributed by atoms with Crippen LogP contribution in [0.2, 0.25) is 0 Å². The lowest BCUT2D eigenvalue weighted by Gasteiger charge is -2.36. The average Bonchev–Trinajstić information content (AvgIpc) is 3.53. The summed E-state index contributed by atoms with van der Waals surface area (Å²) >= 11 is 0. The Morgan fingerprint density at radius 2 is 1.74 bits per heavy atom. The topological polar surface area (TPSA) is 54.2 Å². The molecule has 34 heavy (non-hydrogen) atoms. The third kappa shape index (κ3) is 5.37. The predicted octanol–water partition coefficient (Wildman–Crippen LogP) is 4.41. The van der Waals surface area contributed by atoms with Crippen molar-refractivity contribution in [1.29, 1.82) is 0 Å². The molecule has 0 bridgehead atoms. The molecule has 2 aromatic carbocycles. The number of fused-ring (bicyclic) bond motifs is 1. The van der Waals surface area contributed by atoms with Crippen molar-refractivity contribution < 1.29 is 14.0 Å². The van der Waals surface area contributed by atoms with E-state index in [0.29, 0.717) is 0 Å². The van der Waals surface area contributed by atoms with E-state index in [2.05, 4.69) is 58.0 Å². The summed E-state index contributed by atoms with van der Waals surface area (Å²) in [5.74, 6) is 2.43. The zero-order valence-corrected chi connectivity index (χ0v) is 20.2. The lowest BCUT2D eigenvalue weighted by molar-refractivity contribution is 0.174. The lowest BCUT2D eigenvalue weighted by atomic mass is 10.1. The van der Waals surface area contributed by atoms with E-state index in [1.165, 1.54) is 11.3 Å². The molecule has 1 saturated heterocycles. The Bertz CT molecular complexity index is 1070. The number of rotatable bonds is 9. The largest absolute Gasteiger partial charge is 0.454 e. The molecule has 0 amide bonds. The molecule has 7 heteroatoms. The van der Waals surface area contributed by atoms with Gasteiger partial charge in [-0.15, -0.1) is 0 Å². The maximum atomic E-state index is 5.65. The van der Waals surface area contributed by atoms with Crippen molar-refractivity contribution in [1.82, 2.24) is 15.0 Å². The van der Waals surface area contributed by atoms with E-state index < -0.39 is 0 Å². The highest BCUT2D eigenvalue weighted by Crippen LogP contribution is 2.35. The smallest absolute Gasteiger partial charge is 0.231 e. The molecule has 3 aromatic rings. The summed E-state index contributed by atoms with van der Waals surface area (Å²) < 4.78 is 16.5. The van der Waals surface area contributed by atoms with Crippen molar-refractivity contribution in [2.24, 2.45) is 0 Å². The number of hydrogen-bond acceptors (Lipinski definition) is 7. The van der Waals surface area contributed by atoms with E-state index in [0.717, 1.165) is 87.3 Å². The van der Waals surface area contributed by atoms with Gasteiger partial charge in [0, 0.05) is 43.5 Å². The van der Waals surface area contributed by atoms with Gasteiger partial charge < -0.3 is 18.9 Å². The van der Waals surface area contributed by atoms with Gasteiger partial charge in [0.05, 0.1) is 6.54 Å². The summed E-state index contributed by atoms with van der Waals surface area (Å²) in [7, 11) is 0. The van der Waals surface area contributed by atoms with Crippen LogP contribution in [0.1, 0.15) is 24.7 Å². The monoisotopic (exact) mass is 462 g/mol. The fraction of sp³-hybridized carbons (Fsp3) is 0.444.